The number of aromatic nitrogens is 2. The maximum absolute atomic E-state index is 12.2. The van der Waals surface area contributed by atoms with Gasteiger partial charge in [-0.1, -0.05) is 36.4 Å². The van der Waals surface area contributed by atoms with Crippen LogP contribution in [0.15, 0.2) is 85.3 Å². The van der Waals surface area contributed by atoms with Crippen LogP contribution in [0.3, 0.4) is 0 Å². The number of nitrogens with zero attached hydrogens (tertiary/aromatic N) is 3. The molecule has 5 heteroatoms. The maximum atomic E-state index is 12.2. The molecule has 0 radical (unpaired) electrons. The molecule has 2 aromatic carbocycles. The van der Waals surface area contributed by atoms with E-state index in [2.05, 4.69) is 74.5 Å². The third-order valence-electron chi connectivity index (χ3n) is 6.48. The lowest BCUT2D eigenvalue weighted by atomic mass is 10.1. The van der Waals surface area contributed by atoms with Crippen molar-refractivity contribution in [2.24, 2.45) is 0 Å². The summed E-state index contributed by atoms with van der Waals surface area (Å²) >= 11 is 0. The SMILES string of the molecule is O=C(C=Cc1ccc(-n2cc(CCN3CCCC3)c3ccccc32)cc1)NCc1cccnc1. The maximum Gasteiger partial charge on any atom is 0.244 e. The number of para-hydroxylation sites is 1. The van der Waals surface area contributed by atoms with Gasteiger partial charge in [-0.25, -0.2) is 0 Å². The van der Waals surface area contributed by atoms with Crippen LogP contribution in [0.4, 0.5) is 0 Å². The van der Waals surface area contributed by atoms with Crippen LogP contribution in [0.1, 0.15) is 29.5 Å². The van der Waals surface area contributed by atoms with Crippen molar-refractivity contribution >= 4 is 22.9 Å². The fourth-order valence-electron chi connectivity index (χ4n) is 4.62. The van der Waals surface area contributed by atoms with Crippen LogP contribution in [-0.4, -0.2) is 40.0 Å². The second-order valence-electron chi connectivity index (χ2n) is 8.84. The summed E-state index contributed by atoms with van der Waals surface area (Å²) in [5.74, 6) is -0.119. The predicted octanol–water partition coefficient (Wildman–Crippen LogP) is 4.99. The highest BCUT2D eigenvalue weighted by Crippen LogP contribution is 2.26. The zero-order valence-corrected chi connectivity index (χ0v) is 19.4. The second kappa shape index (κ2) is 10.5. The molecule has 1 saturated heterocycles. The minimum atomic E-state index is -0.119. The van der Waals surface area contributed by atoms with E-state index in [1.807, 2.05) is 18.2 Å². The summed E-state index contributed by atoms with van der Waals surface area (Å²) in [5, 5.41) is 4.22. The molecule has 0 unspecified atom stereocenters. The summed E-state index contributed by atoms with van der Waals surface area (Å²) in [4.78, 5) is 18.8. The van der Waals surface area contributed by atoms with Gasteiger partial charge >= 0.3 is 0 Å². The molecular weight excluding hydrogens is 420 g/mol. The molecule has 0 spiro atoms. The smallest absolute Gasteiger partial charge is 0.244 e. The van der Waals surface area contributed by atoms with Gasteiger partial charge in [0.25, 0.3) is 0 Å². The number of nitrogens with one attached hydrogen (secondary N) is 1. The first-order valence-electron chi connectivity index (χ1n) is 12.0. The molecule has 1 amide bonds. The largest absolute Gasteiger partial charge is 0.348 e. The number of carbonyl (C=O) groups excluding carboxylic acids is 1. The molecule has 0 aliphatic carbocycles. The van der Waals surface area contributed by atoms with Gasteiger partial charge < -0.3 is 14.8 Å². The van der Waals surface area contributed by atoms with Crippen LogP contribution >= 0.6 is 0 Å². The fourth-order valence-corrected chi connectivity index (χ4v) is 4.62. The lowest BCUT2D eigenvalue weighted by Gasteiger charge is -2.13. The summed E-state index contributed by atoms with van der Waals surface area (Å²) in [6.07, 6.45) is 12.9. The van der Waals surface area contributed by atoms with E-state index in [0.29, 0.717) is 6.54 Å². The summed E-state index contributed by atoms with van der Waals surface area (Å²) in [7, 11) is 0. The van der Waals surface area contributed by atoms with Crippen LogP contribution in [0, 0.1) is 0 Å². The highest BCUT2D eigenvalue weighted by atomic mass is 16.1. The van der Waals surface area contributed by atoms with Crippen LogP contribution in [-0.2, 0) is 17.8 Å². The van der Waals surface area contributed by atoms with E-state index < -0.39 is 0 Å². The molecule has 1 N–H and O–H groups in total. The monoisotopic (exact) mass is 450 g/mol. The van der Waals surface area contributed by atoms with Gasteiger partial charge in [-0.05, 0) is 79.4 Å². The zero-order chi connectivity index (χ0) is 23.2. The Morgan fingerprint density at radius 2 is 1.82 bits per heavy atom. The topological polar surface area (TPSA) is 50.2 Å². The summed E-state index contributed by atoms with van der Waals surface area (Å²) in [6.45, 7) is 4.06. The van der Waals surface area contributed by atoms with Crippen molar-refractivity contribution in [3.8, 4) is 5.69 Å². The molecule has 3 heterocycles. The Bertz CT molecular complexity index is 1270. The Balaban J connectivity index is 1.27. The van der Waals surface area contributed by atoms with Gasteiger partial charge in [0.15, 0.2) is 0 Å². The molecule has 172 valence electrons. The Hall–Kier alpha value is -3.70. The van der Waals surface area contributed by atoms with Gasteiger partial charge in [0.1, 0.15) is 0 Å². The van der Waals surface area contributed by atoms with Crippen LogP contribution in [0.2, 0.25) is 0 Å². The van der Waals surface area contributed by atoms with Crippen LogP contribution in [0.25, 0.3) is 22.7 Å². The van der Waals surface area contributed by atoms with E-state index in [1.165, 1.54) is 42.4 Å². The number of fused-ring (bicyclic) bond motifs is 1. The molecule has 0 saturated carbocycles. The molecule has 34 heavy (non-hydrogen) atoms. The Kier molecular flexibility index (Phi) is 6.82. The van der Waals surface area contributed by atoms with E-state index in [4.69, 9.17) is 0 Å². The number of rotatable bonds is 8. The van der Waals surface area contributed by atoms with Gasteiger partial charge in [-0.15, -0.1) is 0 Å². The molecule has 5 nitrogen and oxygen atoms in total. The Labute approximate surface area is 200 Å². The number of benzene rings is 2. The van der Waals surface area contributed by atoms with E-state index in [-0.39, 0.29) is 5.91 Å². The van der Waals surface area contributed by atoms with Crippen LogP contribution < -0.4 is 5.32 Å². The lowest BCUT2D eigenvalue weighted by Crippen LogP contribution is -2.21. The third kappa shape index (κ3) is 5.26. The van der Waals surface area contributed by atoms with Gasteiger partial charge in [-0.2, -0.15) is 0 Å². The number of hydrogen-bond acceptors (Lipinski definition) is 3. The molecule has 0 atom stereocenters. The van der Waals surface area contributed by atoms with E-state index >= 15 is 0 Å². The molecule has 0 bridgehead atoms. The zero-order valence-electron chi connectivity index (χ0n) is 19.4. The minimum Gasteiger partial charge on any atom is -0.348 e. The van der Waals surface area contributed by atoms with Crippen molar-refractivity contribution in [2.45, 2.75) is 25.8 Å². The fraction of sp³-hybridized carbons (Fsp3) is 0.241. The van der Waals surface area contributed by atoms with Gasteiger partial charge in [0.2, 0.25) is 5.91 Å². The average Bonchev–Trinajstić information content (AvgIpc) is 3.54. The first kappa shape index (κ1) is 22.1. The quantitative estimate of drug-likeness (QED) is 0.385. The number of hydrogen-bond donors (Lipinski definition) is 1. The standard InChI is InChI=1S/C29H30N4O/c34-29(31-21-24-6-5-16-30-20-24)14-11-23-9-12-26(13-10-23)33-22-25(15-19-32-17-3-4-18-32)27-7-1-2-8-28(27)33/h1-2,5-14,16,20,22H,3-4,15,17-19,21H2,(H,31,34). The highest BCUT2D eigenvalue weighted by molar-refractivity contribution is 5.91. The van der Waals surface area contributed by atoms with E-state index in [9.17, 15) is 4.79 Å². The van der Waals surface area contributed by atoms with Gasteiger partial charge in [-0.3, -0.25) is 9.78 Å². The first-order valence-corrected chi connectivity index (χ1v) is 12.0. The number of amides is 1. The van der Waals surface area contributed by atoms with Crippen LogP contribution in [0.5, 0.6) is 0 Å². The number of pyridine rings is 1. The molecule has 2 aromatic heterocycles. The van der Waals surface area contributed by atoms with Crippen molar-refractivity contribution in [1.29, 1.82) is 0 Å². The van der Waals surface area contributed by atoms with Gasteiger partial charge in [0, 0.05) is 48.8 Å². The third-order valence-corrected chi connectivity index (χ3v) is 6.48. The molecule has 5 rings (SSSR count). The van der Waals surface area contributed by atoms with Gasteiger partial charge in [0.05, 0.1) is 5.52 Å². The Morgan fingerprint density at radius 1 is 1.00 bits per heavy atom. The van der Waals surface area contributed by atoms with Crippen molar-refractivity contribution in [2.75, 3.05) is 19.6 Å². The lowest BCUT2D eigenvalue weighted by molar-refractivity contribution is -0.116. The molecule has 1 fully saturated rings. The first-order chi connectivity index (χ1) is 16.8. The second-order valence-corrected chi connectivity index (χ2v) is 8.84. The number of likely N-dealkylation sites (tertiary alicyclic amines) is 1. The molecule has 1 aliphatic heterocycles. The predicted molar refractivity (Wildman–Crippen MR) is 138 cm³/mol. The van der Waals surface area contributed by atoms with Crippen molar-refractivity contribution in [3.05, 3.63) is 102 Å². The highest BCUT2D eigenvalue weighted by Gasteiger charge is 2.14. The van der Waals surface area contributed by atoms with Crippen molar-refractivity contribution < 1.29 is 4.79 Å². The Morgan fingerprint density at radius 3 is 2.62 bits per heavy atom. The van der Waals surface area contributed by atoms with Crippen molar-refractivity contribution in [1.82, 2.24) is 19.8 Å². The van der Waals surface area contributed by atoms with E-state index in [0.717, 1.165) is 29.8 Å². The summed E-state index contributed by atoms with van der Waals surface area (Å²) < 4.78 is 2.28. The normalized spacial score (nSPS) is 14.2. The van der Waals surface area contributed by atoms with Crippen molar-refractivity contribution in [3.63, 3.8) is 0 Å². The summed E-state index contributed by atoms with van der Waals surface area (Å²) in [5.41, 5.74) is 5.73. The molecule has 4 aromatic rings. The molecule has 1 aliphatic rings. The average molecular weight is 451 g/mol. The minimum absolute atomic E-state index is 0.119. The van der Waals surface area contributed by atoms with E-state index in [1.54, 1.807) is 18.5 Å². The summed E-state index contributed by atoms with van der Waals surface area (Å²) in [6, 6.07) is 20.8. The number of carbonyl (C=O) groups is 1. The molecular formula is C29H30N4O.